The van der Waals surface area contributed by atoms with E-state index in [1.165, 1.54) is 180 Å². The van der Waals surface area contributed by atoms with Gasteiger partial charge in [0.1, 0.15) is 31.0 Å². The topological polar surface area (TPSA) is 152 Å². The fourth-order valence-electron chi connectivity index (χ4n) is 8.52. The number of hydrogen-bond acceptors (Lipinski definition) is 10. The highest BCUT2D eigenvalue weighted by Gasteiger charge is 2.44. The Labute approximate surface area is 398 Å². The van der Waals surface area contributed by atoms with Gasteiger partial charge in [0, 0.05) is 12.8 Å². The Kier molecular flexibility index (Phi) is 43.2. The minimum atomic E-state index is -1.59. The molecule has 1 fully saturated rings. The first-order chi connectivity index (χ1) is 31.8. The van der Waals surface area contributed by atoms with E-state index >= 15 is 0 Å². The average Bonchev–Trinajstić information content (AvgIpc) is 3.30. The molecule has 0 aromatic rings. The number of esters is 2. The lowest BCUT2D eigenvalue weighted by Gasteiger charge is -2.39. The van der Waals surface area contributed by atoms with E-state index in [9.17, 15) is 30.0 Å². The van der Waals surface area contributed by atoms with Gasteiger partial charge >= 0.3 is 11.9 Å². The standard InChI is InChI=1S/C55H102O10/c1-3-5-7-9-11-13-15-17-19-21-22-23-24-25-26-28-30-32-34-36-38-40-42-44-51(58)64-48(47-63-55-54(61)53(60)52(59)49(45-56)65-55)46-62-50(57)43-41-39-37-35-33-31-29-27-20-18-16-14-12-10-8-6-4-2/h15,17,21-22,48-49,52-56,59-61H,3-14,16,18-20,23-47H2,1-2H3/b17-15-,22-21-. The number of ether oxygens (including phenoxy) is 4. The summed E-state index contributed by atoms with van der Waals surface area (Å²) in [6.45, 7) is 3.46. The molecule has 1 saturated heterocycles. The summed E-state index contributed by atoms with van der Waals surface area (Å²) in [5, 5.41) is 40.3. The Morgan fingerprint density at radius 3 is 1.28 bits per heavy atom. The van der Waals surface area contributed by atoms with Crippen molar-refractivity contribution in [3.8, 4) is 0 Å². The summed E-state index contributed by atoms with van der Waals surface area (Å²) in [5.74, 6) is -0.794. The molecule has 0 amide bonds. The third-order valence-corrected chi connectivity index (χ3v) is 12.8. The molecule has 65 heavy (non-hydrogen) atoms. The van der Waals surface area contributed by atoms with Crippen molar-refractivity contribution in [2.24, 2.45) is 0 Å². The molecule has 6 unspecified atom stereocenters. The molecule has 6 atom stereocenters. The maximum atomic E-state index is 12.9. The van der Waals surface area contributed by atoms with Crippen LogP contribution in [0.15, 0.2) is 24.3 Å². The van der Waals surface area contributed by atoms with E-state index in [1.54, 1.807) is 0 Å². The van der Waals surface area contributed by atoms with E-state index in [4.69, 9.17) is 18.9 Å². The Balaban J connectivity index is 2.22. The zero-order chi connectivity index (χ0) is 47.3. The highest BCUT2D eigenvalue weighted by atomic mass is 16.7. The fraction of sp³-hybridized carbons (Fsp3) is 0.891. The Morgan fingerprint density at radius 1 is 0.477 bits per heavy atom. The van der Waals surface area contributed by atoms with E-state index < -0.39 is 49.4 Å². The highest BCUT2D eigenvalue weighted by Crippen LogP contribution is 2.23. The first-order valence-electron chi connectivity index (χ1n) is 27.4. The second-order valence-electron chi connectivity index (χ2n) is 19.0. The molecule has 1 heterocycles. The summed E-state index contributed by atoms with van der Waals surface area (Å²) < 4.78 is 22.3. The Bertz CT molecular complexity index is 1110. The largest absolute Gasteiger partial charge is 0.462 e. The number of aliphatic hydroxyl groups excluding tert-OH is 4. The molecule has 0 aliphatic carbocycles. The minimum absolute atomic E-state index is 0.213. The lowest BCUT2D eigenvalue weighted by atomic mass is 9.99. The van der Waals surface area contributed by atoms with Crippen LogP contribution in [0.2, 0.25) is 0 Å². The SMILES string of the molecule is CCCCCCC/C=C\C/C=C\CCCCCCCCCCCCCC(=O)OC(COC(=O)CCCCCCCCCCCCCCCCCCC)COC1OC(CO)C(O)C(O)C1O. The molecule has 0 bridgehead atoms. The van der Waals surface area contributed by atoms with Gasteiger partial charge < -0.3 is 39.4 Å². The number of aliphatic hydroxyl groups is 4. The second kappa shape index (κ2) is 45.9. The monoisotopic (exact) mass is 923 g/mol. The van der Waals surface area contributed by atoms with Gasteiger partial charge in [0.05, 0.1) is 13.2 Å². The maximum Gasteiger partial charge on any atom is 0.306 e. The average molecular weight is 923 g/mol. The normalized spacial score (nSPS) is 19.4. The van der Waals surface area contributed by atoms with Crippen LogP contribution in [0.25, 0.3) is 0 Å². The van der Waals surface area contributed by atoms with Crippen LogP contribution in [-0.2, 0) is 28.5 Å². The van der Waals surface area contributed by atoms with Gasteiger partial charge in [-0.25, -0.2) is 0 Å². The summed E-state index contributed by atoms with van der Waals surface area (Å²) in [4.78, 5) is 25.5. The molecule has 1 aliphatic heterocycles. The summed E-state index contributed by atoms with van der Waals surface area (Å²) in [5.41, 5.74) is 0. The number of hydrogen-bond donors (Lipinski definition) is 4. The molecule has 0 aromatic carbocycles. The van der Waals surface area contributed by atoms with E-state index in [0.717, 1.165) is 44.9 Å². The molecule has 10 nitrogen and oxygen atoms in total. The van der Waals surface area contributed by atoms with Crippen LogP contribution in [0.1, 0.15) is 258 Å². The van der Waals surface area contributed by atoms with Crippen LogP contribution in [0.3, 0.4) is 0 Å². The van der Waals surface area contributed by atoms with Gasteiger partial charge in [-0.2, -0.15) is 0 Å². The van der Waals surface area contributed by atoms with Crippen molar-refractivity contribution in [3.05, 3.63) is 24.3 Å². The maximum absolute atomic E-state index is 12.9. The summed E-state index contributed by atoms with van der Waals surface area (Å²) >= 11 is 0. The van der Waals surface area contributed by atoms with Crippen LogP contribution in [0.4, 0.5) is 0 Å². The molecule has 0 saturated carbocycles. The Morgan fingerprint density at radius 2 is 0.862 bits per heavy atom. The van der Waals surface area contributed by atoms with Crippen molar-refractivity contribution in [3.63, 3.8) is 0 Å². The van der Waals surface area contributed by atoms with Crippen molar-refractivity contribution >= 4 is 11.9 Å². The third-order valence-electron chi connectivity index (χ3n) is 12.8. The molecular formula is C55H102O10. The summed E-state index contributed by atoms with van der Waals surface area (Å²) in [6.07, 6.45) is 46.1. The molecule has 382 valence electrons. The molecule has 0 spiro atoms. The zero-order valence-corrected chi connectivity index (χ0v) is 42.0. The third kappa shape index (κ3) is 36.8. The molecular weight excluding hydrogens is 821 g/mol. The lowest BCUT2D eigenvalue weighted by molar-refractivity contribution is -0.305. The Hall–Kier alpha value is -1.82. The number of rotatable bonds is 47. The predicted molar refractivity (Wildman–Crippen MR) is 266 cm³/mol. The molecule has 1 aliphatic rings. The second-order valence-corrected chi connectivity index (χ2v) is 19.0. The summed E-state index contributed by atoms with van der Waals surface area (Å²) in [7, 11) is 0. The van der Waals surface area contributed by atoms with Gasteiger partial charge in [0.25, 0.3) is 0 Å². The first-order valence-corrected chi connectivity index (χ1v) is 27.4. The molecule has 4 N–H and O–H groups in total. The molecule has 1 rings (SSSR count). The first kappa shape index (κ1) is 61.2. The van der Waals surface area contributed by atoms with Gasteiger partial charge in [-0.05, 0) is 44.9 Å². The summed E-state index contributed by atoms with van der Waals surface area (Å²) in [6, 6.07) is 0. The van der Waals surface area contributed by atoms with E-state index in [2.05, 4.69) is 38.2 Å². The minimum Gasteiger partial charge on any atom is -0.462 e. The lowest BCUT2D eigenvalue weighted by Crippen LogP contribution is -2.59. The van der Waals surface area contributed by atoms with Crippen LogP contribution in [0, 0.1) is 0 Å². The van der Waals surface area contributed by atoms with E-state index in [1.807, 2.05) is 0 Å². The predicted octanol–water partition coefficient (Wildman–Crippen LogP) is 13.2. The van der Waals surface area contributed by atoms with Gasteiger partial charge in [-0.15, -0.1) is 0 Å². The fourth-order valence-corrected chi connectivity index (χ4v) is 8.52. The number of allylic oxidation sites excluding steroid dienone is 4. The molecule has 0 aromatic heterocycles. The van der Waals surface area contributed by atoms with Gasteiger partial charge in [-0.1, -0.05) is 224 Å². The van der Waals surface area contributed by atoms with E-state index in [0.29, 0.717) is 6.42 Å². The van der Waals surface area contributed by atoms with Crippen LogP contribution >= 0.6 is 0 Å². The smallest absolute Gasteiger partial charge is 0.306 e. The van der Waals surface area contributed by atoms with Gasteiger partial charge in [0.15, 0.2) is 12.4 Å². The zero-order valence-electron chi connectivity index (χ0n) is 42.0. The highest BCUT2D eigenvalue weighted by molar-refractivity contribution is 5.70. The number of carbonyl (C=O) groups is 2. The van der Waals surface area contributed by atoms with Crippen molar-refractivity contribution in [1.82, 2.24) is 0 Å². The van der Waals surface area contributed by atoms with Crippen molar-refractivity contribution < 1.29 is 49.0 Å². The van der Waals surface area contributed by atoms with Crippen LogP contribution in [-0.4, -0.2) is 89.0 Å². The van der Waals surface area contributed by atoms with Crippen molar-refractivity contribution in [2.45, 2.75) is 295 Å². The van der Waals surface area contributed by atoms with E-state index in [-0.39, 0.29) is 32.0 Å². The van der Waals surface area contributed by atoms with Crippen molar-refractivity contribution in [2.75, 3.05) is 19.8 Å². The van der Waals surface area contributed by atoms with Crippen LogP contribution < -0.4 is 0 Å². The quantitative estimate of drug-likeness (QED) is 0.0264. The number of carbonyl (C=O) groups excluding carboxylic acids is 2. The molecule has 10 heteroatoms. The van der Waals surface area contributed by atoms with Gasteiger partial charge in [-0.3, -0.25) is 9.59 Å². The van der Waals surface area contributed by atoms with Crippen LogP contribution in [0.5, 0.6) is 0 Å². The van der Waals surface area contributed by atoms with Gasteiger partial charge in [0.2, 0.25) is 0 Å². The van der Waals surface area contributed by atoms with Crippen molar-refractivity contribution in [1.29, 1.82) is 0 Å². The molecule has 0 radical (unpaired) electrons. The number of unbranched alkanes of at least 4 members (excludes halogenated alkanes) is 32.